The number of nitrogens with one attached hydrogen (secondary N) is 2. The van der Waals surface area contributed by atoms with E-state index in [-0.39, 0.29) is 11.9 Å². The second kappa shape index (κ2) is 5.66. The van der Waals surface area contributed by atoms with Crippen molar-refractivity contribution in [2.45, 2.75) is 44.7 Å². The third-order valence-electron chi connectivity index (χ3n) is 2.29. The standard InChI is InChI=1S/C11H18N2O/c1-3-9(4-2)12-8-7-11(14)13-10-5-6-10/h1,9-10,12H,4-8H2,2H3,(H,13,14). The average molecular weight is 194 g/mol. The van der Waals surface area contributed by atoms with Gasteiger partial charge in [-0.3, -0.25) is 4.79 Å². The normalized spacial score (nSPS) is 17.1. The molecule has 14 heavy (non-hydrogen) atoms. The molecule has 0 aromatic carbocycles. The van der Waals surface area contributed by atoms with Gasteiger partial charge in [0.2, 0.25) is 5.91 Å². The number of carbonyl (C=O) groups is 1. The van der Waals surface area contributed by atoms with Crippen LogP contribution in [0, 0.1) is 12.3 Å². The van der Waals surface area contributed by atoms with Crippen molar-refractivity contribution in [3.63, 3.8) is 0 Å². The summed E-state index contributed by atoms with van der Waals surface area (Å²) in [5, 5.41) is 6.08. The van der Waals surface area contributed by atoms with E-state index in [1.165, 1.54) is 0 Å². The molecule has 1 atom stereocenters. The highest BCUT2D eigenvalue weighted by Crippen LogP contribution is 2.18. The Kier molecular flexibility index (Phi) is 4.48. The Morgan fingerprint density at radius 1 is 1.64 bits per heavy atom. The zero-order valence-corrected chi connectivity index (χ0v) is 8.68. The molecule has 3 nitrogen and oxygen atoms in total. The number of amides is 1. The van der Waals surface area contributed by atoms with Crippen molar-refractivity contribution in [1.82, 2.24) is 10.6 Å². The molecule has 3 heteroatoms. The van der Waals surface area contributed by atoms with Gasteiger partial charge in [-0.1, -0.05) is 12.8 Å². The maximum absolute atomic E-state index is 11.2. The van der Waals surface area contributed by atoms with Crippen molar-refractivity contribution >= 4 is 5.91 Å². The number of terminal acetylenes is 1. The van der Waals surface area contributed by atoms with Crippen LogP contribution >= 0.6 is 0 Å². The fourth-order valence-electron chi connectivity index (χ4n) is 1.21. The molecule has 1 rings (SSSR count). The van der Waals surface area contributed by atoms with Crippen LogP contribution < -0.4 is 10.6 Å². The summed E-state index contributed by atoms with van der Waals surface area (Å²) in [6, 6.07) is 0.556. The quantitative estimate of drug-likeness (QED) is 0.610. The van der Waals surface area contributed by atoms with E-state index in [1.54, 1.807) is 0 Å². The summed E-state index contributed by atoms with van der Waals surface area (Å²) in [4.78, 5) is 11.2. The fraction of sp³-hybridized carbons (Fsp3) is 0.727. The van der Waals surface area contributed by atoms with E-state index in [9.17, 15) is 4.79 Å². The van der Waals surface area contributed by atoms with Gasteiger partial charge >= 0.3 is 0 Å². The summed E-state index contributed by atoms with van der Waals surface area (Å²) >= 11 is 0. The highest BCUT2D eigenvalue weighted by Gasteiger charge is 2.22. The Morgan fingerprint density at radius 2 is 2.36 bits per heavy atom. The molecule has 0 saturated heterocycles. The molecule has 1 fully saturated rings. The second-order valence-electron chi connectivity index (χ2n) is 3.67. The zero-order valence-electron chi connectivity index (χ0n) is 8.68. The second-order valence-corrected chi connectivity index (χ2v) is 3.67. The molecule has 0 bridgehead atoms. The van der Waals surface area contributed by atoms with Crippen LogP contribution in [0.25, 0.3) is 0 Å². The molecule has 1 amide bonds. The molecular weight excluding hydrogens is 176 g/mol. The Morgan fingerprint density at radius 3 is 2.86 bits per heavy atom. The van der Waals surface area contributed by atoms with E-state index in [4.69, 9.17) is 6.42 Å². The third-order valence-corrected chi connectivity index (χ3v) is 2.29. The average Bonchev–Trinajstić information content (AvgIpc) is 2.96. The smallest absolute Gasteiger partial charge is 0.221 e. The van der Waals surface area contributed by atoms with Gasteiger partial charge < -0.3 is 10.6 Å². The molecule has 0 aromatic heterocycles. The summed E-state index contributed by atoms with van der Waals surface area (Å²) in [5.74, 6) is 2.77. The monoisotopic (exact) mass is 194 g/mol. The van der Waals surface area contributed by atoms with Crippen LogP contribution in [0.4, 0.5) is 0 Å². The summed E-state index contributed by atoms with van der Waals surface area (Å²) < 4.78 is 0. The predicted octanol–water partition coefficient (Wildman–Crippen LogP) is 0.656. The number of carbonyl (C=O) groups excluding carboxylic acids is 1. The lowest BCUT2D eigenvalue weighted by molar-refractivity contribution is -0.121. The lowest BCUT2D eigenvalue weighted by atomic mass is 10.2. The van der Waals surface area contributed by atoms with E-state index in [1.807, 2.05) is 6.92 Å². The van der Waals surface area contributed by atoms with Crippen LogP contribution in [-0.4, -0.2) is 24.5 Å². The summed E-state index contributed by atoms with van der Waals surface area (Å²) in [6.45, 7) is 2.70. The zero-order chi connectivity index (χ0) is 10.4. The first-order chi connectivity index (χ1) is 6.76. The highest BCUT2D eigenvalue weighted by atomic mass is 16.1. The largest absolute Gasteiger partial charge is 0.353 e. The van der Waals surface area contributed by atoms with Gasteiger partial charge in [0.25, 0.3) is 0 Å². The molecule has 1 saturated carbocycles. The van der Waals surface area contributed by atoms with E-state index in [0.717, 1.165) is 19.3 Å². The minimum atomic E-state index is 0.101. The first-order valence-electron chi connectivity index (χ1n) is 5.25. The summed E-state index contributed by atoms with van der Waals surface area (Å²) in [6.07, 6.45) is 8.98. The van der Waals surface area contributed by atoms with Gasteiger partial charge in [-0.2, -0.15) is 0 Å². The molecule has 78 valence electrons. The van der Waals surface area contributed by atoms with Crippen molar-refractivity contribution in [3.05, 3.63) is 0 Å². The van der Waals surface area contributed by atoms with Gasteiger partial charge in [0, 0.05) is 19.0 Å². The van der Waals surface area contributed by atoms with Gasteiger partial charge in [0.1, 0.15) is 0 Å². The van der Waals surface area contributed by atoms with Crippen molar-refractivity contribution in [1.29, 1.82) is 0 Å². The van der Waals surface area contributed by atoms with E-state index < -0.39 is 0 Å². The predicted molar refractivity (Wildman–Crippen MR) is 56.7 cm³/mol. The molecule has 1 aliphatic carbocycles. The van der Waals surface area contributed by atoms with E-state index in [0.29, 0.717) is 19.0 Å². The van der Waals surface area contributed by atoms with Crippen LogP contribution in [0.3, 0.4) is 0 Å². The molecule has 0 spiro atoms. The van der Waals surface area contributed by atoms with Crippen LogP contribution in [-0.2, 0) is 4.79 Å². The molecule has 0 radical (unpaired) electrons. The Labute approximate surface area is 85.6 Å². The Hall–Kier alpha value is -1.01. The minimum Gasteiger partial charge on any atom is -0.353 e. The van der Waals surface area contributed by atoms with Crippen LogP contribution in [0.5, 0.6) is 0 Å². The van der Waals surface area contributed by atoms with Gasteiger partial charge in [-0.05, 0) is 19.3 Å². The van der Waals surface area contributed by atoms with Crippen molar-refractivity contribution in [3.8, 4) is 12.3 Å². The van der Waals surface area contributed by atoms with Crippen LogP contribution in [0.2, 0.25) is 0 Å². The molecule has 2 N–H and O–H groups in total. The fourth-order valence-corrected chi connectivity index (χ4v) is 1.21. The topological polar surface area (TPSA) is 41.1 Å². The van der Waals surface area contributed by atoms with Crippen LogP contribution in [0.1, 0.15) is 32.6 Å². The highest BCUT2D eigenvalue weighted by molar-refractivity contribution is 5.76. The van der Waals surface area contributed by atoms with Crippen molar-refractivity contribution in [2.24, 2.45) is 0 Å². The number of hydrogen-bond acceptors (Lipinski definition) is 2. The first kappa shape index (κ1) is 11.1. The first-order valence-corrected chi connectivity index (χ1v) is 5.25. The molecule has 0 aliphatic heterocycles. The SMILES string of the molecule is C#CC(CC)NCCC(=O)NC1CC1. The van der Waals surface area contributed by atoms with Crippen molar-refractivity contribution in [2.75, 3.05) is 6.54 Å². The number of rotatable bonds is 6. The lowest BCUT2D eigenvalue weighted by Gasteiger charge is -2.09. The molecule has 0 aromatic rings. The van der Waals surface area contributed by atoms with Crippen LogP contribution in [0.15, 0.2) is 0 Å². The Balaban J connectivity index is 2.01. The number of hydrogen-bond donors (Lipinski definition) is 2. The van der Waals surface area contributed by atoms with E-state index in [2.05, 4.69) is 16.6 Å². The van der Waals surface area contributed by atoms with Gasteiger partial charge in [-0.25, -0.2) is 0 Å². The van der Waals surface area contributed by atoms with Gasteiger partial charge in [-0.15, -0.1) is 6.42 Å². The van der Waals surface area contributed by atoms with Crippen molar-refractivity contribution < 1.29 is 4.79 Å². The lowest BCUT2D eigenvalue weighted by Crippen LogP contribution is -2.33. The van der Waals surface area contributed by atoms with Gasteiger partial charge in [0.05, 0.1) is 6.04 Å². The van der Waals surface area contributed by atoms with Gasteiger partial charge in [0.15, 0.2) is 0 Å². The molecule has 1 unspecified atom stereocenters. The minimum absolute atomic E-state index is 0.101. The maximum atomic E-state index is 11.2. The molecule has 1 aliphatic rings. The Bertz CT molecular complexity index is 228. The third kappa shape index (κ3) is 4.29. The summed E-state index contributed by atoms with van der Waals surface area (Å²) in [5.41, 5.74) is 0. The maximum Gasteiger partial charge on any atom is 0.221 e. The molecule has 0 heterocycles. The van der Waals surface area contributed by atoms with E-state index >= 15 is 0 Å². The summed E-state index contributed by atoms with van der Waals surface area (Å²) in [7, 11) is 0. The molecular formula is C11H18N2O.